The summed E-state index contributed by atoms with van der Waals surface area (Å²) in [6.07, 6.45) is 7.52. The van der Waals surface area contributed by atoms with Gasteiger partial charge in [0, 0.05) is 33.6 Å². The standard InChI is InChI=1S/C16H25NO2S/c1-4-5-6-7-8-13(2)17-16(18)14-9-11-15(12-10-14)20(3)19/h9-13H,4-8H2,1-3H3,(H,17,18). The van der Waals surface area contributed by atoms with Crippen molar-refractivity contribution in [3.8, 4) is 0 Å². The Bertz CT molecular complexity index is 442. The Balaban J connectivity index is 2.43. The molecule has 1 N–H and O–H groups in total. The molecule has 2 unspecified atom stereocenters. The van der Waals surface area contributed by atoms with Crippen molar-refractivity contribution in [2.75, 3.05) is 6.26 Å². The van der Waals surface area contributed by atoms with Gasteiger partial charge in [0.25, 0.3) is 5.91 Å². The van der Waals surface area contributed by atoms with Crippen molar-refractivity contribution in [3.05, 3.63) is 29.8 Å². The van der Waals surface area contributed by atoms with Crippen molar-refractivity contribution in [1.82, 2.24) is 5.32 Å². The molecule has 0 aliphatic rings. The fourth-order valence-corrected chi connectivity index (χ4v) is 2.57. The van der Waals surface area contributed by atoms with E-state index in [0.717, 1.165) is 17.7 Å². The second kappa shape index (κ2) is 8.90. The Morgan fingerprint density at radius 1 is 1.20 bits per heavy atom. The van der Waals surface area contributed by atoms with Crippen molar-refractivity contribution in [2.45, 2.75) is 56.9 Å². The number of benzene rings is 1. The molecule has 0 aromatic heterocycles. The lowest BCUT2D eigenvalue weighted by atomic mass is 10.1. The smallest absolute Gasteiger partial charge is 0.251 e. The molecule has 0 aliphatic heterocycles. The van der Waals surface area contributed by atoms with Crippen LogP contribution in [0, 0.1) is 0 Å². The molecular formula is C16H25NO2S. The van der Waals surface area contributed by atoms with Gasteiger partial charge >= 0.3 is 0 Å². The van der Waals surface area contributed by atoms with Crippen LogP contribution in [0.15, 0.2) is 29.2 Å². The third kappa shape index (κ3) is 5.87. The van der Waals surface area contributed by atoms with Crippen LogP contribution >= 0.6 is 0 Å². The zero-order valence-electron chi connectivity index (χ0n) is 12.6. The van der Waals surface area contributed by atoms with E-state index in [2.05, 4.69) is 12.2 Å². The predicted octanol–water partition coefficient (Wildman–Crippen LogP) is 3.51. The van der Waals surface area contributed by atoms with Gasteiger partial charge in [-0.25, -0.2) is 0 Å². The van der Waals surface area contributed by atoms with Gasteiger partial charge in [0.05, 0.1) is 0 Å². The summed E-state index contributed by atoms with van der Waals surface area (Å²) >= 11 is 0. The minimum Gasteiger partial charge on any atom is -0.350 e. The second-order valence-corrected chi connectivity index (χ2v) is 6.58. The molecule has 2 atom stereocenters. The van der Waals surface area contributed by atoms with Gasteiger partial charge in [0.15, 0.2) is 0 Å². The van der Waals surface area contributed by atoms with E-state index in [-0.39, 0.29) is 11.9 Å². The van der Waals surface area contributed by atoms with E-state index < -0.39 is 10.8 Å². The van der Waals surface area contributed by atoms with Crippen molar-refractivity contribution in [3.63, 3.8) is 0 Å². The van der Waals surface area contributed by atoms with Gasteiger partial charge in [-0.1, -0.05) is 32.6 Å². The summed E-state index contributed by atoms with van der Waals surface area (Å²) < 4.78 is 11.3. The van der Waals surface area contributed by atoms with Crippen LogP contribution < -0.4 is 5.32 Å². The molecule has 0 saturated heterocycles. The van der Waals surface area contributed by atoms with Gasteiger partial charge in [0.2, 0.25) is 0 Å². The SMILES string of the molecule is CCCCCCC(C)NC(=O)c1ccc(S(C)=O)cc1. The molecule has 0 fully saturated rings. The lowest BCUT2D eigenvalue weighted by Gasteiger charge is -2.13. The fourth-order valence-electron chi connectivity index (χ4n) is 2.05. The number of rotatable bonds is 8. The lowest BCUT2D eigenvalue weighted by Crippen LogP contribution is -2.32. The van der Waals surface area contributed by atoms with E-state index in [9.17, 15) is 9.00 Å². The van der Waals surface area contributed by atoms with E-state index in [0.29, 0.717) is 5.56 Å². The summed E-state index contributed by atoms with van der Waals surface area (Å²) in [5.74, 6) is -0.0542. The van der Waals surface area contributed by atoms with Crippen molar-refractivity contribution >= 4 is 16.7 Å². The summed E-state index contributed by atoms with van der Waals surface area (Å²) in [7, 11) is -0.999. The molecule has 1 amide bonds. The molecule has 0 saturated carbocycles. The number of hydrogen-bond donors (Lipinski definition) is 1. The number of unbranched alkanes of at least 4 members (excludes halogenated alkanes) is 3. The van der Waals surface area contributed by atoms with Crippen molar-refractivity contribution in [2.24, 2.45) is 0 Å². The van der Waals surface area contributed by atoms with Crippen LogP contribution in [0.4, 0.5) is 0 Å². The Kier molecular flexibility index (Phi) is 7.52. The predicted molar refractivity (Wildman–Crippen MR) is 84.5 cm³/mol. The zero-order chi connectivity index (χ0) is 15.0. The molecule has 0 heterocycles. The van der Waals surface area contributed by atoms with Gasteiger partial charge in [-0.05, 0) is 37.6 Å². The number of nitrogens with one attached hydrogen (secondary N) is 1. The van der Waals surface area contributed by atoms with Crippen LogP contribution in [-0.2, 0) is 10.8 Å². The number of hydrogen-bond acceptors (Lipinski definition) is 2. The average Bonchev–Trinajstić information content (AvgIpc) is 2.43. The van der Waals surface area contributed by atoms with Crippen LogP contribution in [0.25, 0.3) is 0 Å². The Labute approximate surface area is 124 Å². The molecule has 0 bridgehead atoms. The van der Waals surface area contributed by atoms with Crippen molar-refractivity contribution < 1.29 is 9.00 Å². The van der Waals surface area contributed by atoms with E-state index >= 15 is 0 Å². The van der Waals surface area contributed by atoms with Crippen LogP contribution in [0.2, 0.25) is 0 Å². The van der Waals surface area contributed by atoms with Gasteiger partial charge in [-0.3, -0.25) is 9.00 Å². The molecule has 0 radical (unpaired) electrons. The van der Waals surface area contributed by atoms with Crippen LogP contribution in [0.5, 0.6) is 0 Å². The van der Waals surface area contributed by atoms with E-state index in [4.69, 9.17) is 0 Å². The summed E-state index contributed by atoms with van der Waals surface area (Å²) in [5.41, 5.74) is 0.625. The lowest BCUT2D eigenvalue weighted by molar-refractivity contribution is 0.0938. The van der Waals surface area contributed by atoms with Gasteiger partial charge < -0.3 is 5.32 Å². The second-order valence-electron chi connectivity index (χ2n) is 5.20. The Morgan fingerprint density at radius 2 is 1.85 bits per heavy atom. The highest BCUT2D eigenvalue weighted by Gasteiger charge is 2.09. The van der Waals surface area contributed by atoms with Crippen LogP contribution in [-0.4, -0.2) is 22.4 Å². The first-order valence-corrected chi connectivity index (χ1v) is 8.84. The largest absolute Gasteiger partial charge is 0.350 e. The Hall–Kier alpha value is -1.16. The van der Waals surface area contributed by atoms with E-state index in [1.807, 2.05) is 6.92 Å². The minimum absolute atomic E-state index is 0.0542. The fraction of sp³-hybridized carbons (Fsp3) is 0.562. The van der Waals surface area contributed by atoms with Gasteiger partial charge in [-0.15, -0.1) is 0 Å². The third-order valence-corrected chi connectivity index (χ3v) is 4.25. The summed E-state index contributed by atoms with van der Waals surface area (Å²) in [6, 6.07) is 7.15. The van der Waals surface area contributed by atoms with Crippen molar-refractivity contribution in [1.29, 1.82) is 0 Å². The average molecular weight is 295 g/mol. The normalized spacial score (nSPS) is 13.8. The summed E-state index contributed by atoms with van der Waals surface area (Å²) in [5, 5.41) is 3.01. The molecular weight excluding hydrogens is 270 g/mol. The van der Waals surface area contributed by atoms with Gasteiger partial charge in [-0.2, -0.15) is 0 Å². The molecule has 0 aliphatic carbocycles. The molecule has 3 nitrogen and oxygen atoms in total. The first kappa shape index (κ1) is 16.9. The number of amides is 1. The maximum Gasteiger partial charge on any atom is 0.251 e. The first-order chi connectivity index (χ1) is 9.54. The molecule has 112 valence electrons. The molecule has 0 spiro atoms. The first-order valence-electron chi connectivity index (χ1n) is 7.29. The van der Waals surface area contributed by atoms with Gasteiger partial charge in [0.1, 0.15) is 0 Å². The maximum atomic E-state index is 12.0. The van der Waals surface area contributed by atoms with E-state index in [1.165, 1.54) is 19.3 Å². The molecule has 1 aromatic rings. The highest BCUT2D eigenvalue weighted by molar-refractivity contribution is 7.84. The summed E-state index contributed by atoms with van der Waals surface area (Å²) in [4.78, 5) is 12.8. The zero-order valence-corrected chi connectivity index (χ0v) is 13.5. The monoisotopic (exact) mass is 295 g/mol. The molecule has 1 aromatic carbocycles. The minimum atomic E-state index is -0.999. The van der Waals surface area contributed by atoms with Crippen LogP contribution in [0.3, 0.4) is 0 Å². The Morgan fingerprint density at radius 3 is 2.40 bits per heavy atom. The third-order valence-electron chi connectivity index (χ3n) is 3.32. The van der Waals surface area contributed by atoms with E-state index in [1.54, 1.807) is 30.5 Å². The highest BCUT2D eigenvalue weighted by Crippen LogP contribution is 2.09. The van der Waals surface area contributed by atoms with Crippen LogP contribution in [0.1, 0.15) is 56.3 Å². The highest BCUT2D eigenvalue weighted by atomic mass is 32.2. The number of carbonyl (C=O) groups is 1. The molecule has 20 heavy (non-hydrogen) atoms. The molecule has 4 heteroatoms. The molecule has 1 rings (SSSR count). The maximum absolute atomic E-state index is 12.0. The number of carbonyl (C=O) groups excluding carboxylic acids is 1. The summed E-state index contributed by atoms with van der Waals surface area (Å²) in [6.45, 7) is 4.23. The quantitative estimate of drug-likeness (QED) is 0.746. The topological polar surface area (TPSA) is 46.2 Å².